The highest BCUT2D eigenvalue weighted by atomic mass is 16.3. The number of piperazine rings is 1. The van der Waals surface area contributed by atoms with E-state index in [1.165, 1.54) is 18.3 Å². The molecule has 1 fully saturated rings. The zero-order valence-electron chi connectivity index (χ0n) is 13.9. The van der Waals surface area contributed by atoms with Crippen molar-refractivity contribution in [3.63, 3.8) is 0 Å². The summed E-state index contributed by atoms with van der Waals surface area (Å²) in [6.07, 6.45) is 0. The lowest BCUT2D eigenvalue weighted by molar-refractivity contribution is -0.114. The summed E-state index contributed by atoms with van der Waals surface area (Å²) in [7, 11) is 0. The average Bonchev–Trinajstić information content (AvgIpc) is 2.62. The van der Waals surface area contributed by atoms with E-state index in [0.29, 0.717) is 0 Å². The van der Waals surface area contributed by atoms with Crippen molar-refractivity contribution < 1.29 is 9.90 Å². The fourth-order valence-electron chi connectivity index (χ4n) is 2.99. The van der Waals surface area contributed by atoms with E-state index in [-0.39, 0.29) is 12.5 Å². The summed E-state index contributed by atoms with van der Waals surface area (Å²) in [5.74, 6) is -0.0522. The van der Waals surface area contributed by atoms with Gasteiger partial charge in [-0.1, -0.05) is 12.1 Å². The molecule has 1 amide bonds. The van der Waals surface area contributed by atoms with Crippen molar-refractivity contribution in [3.05, 3.63) is 54.1 Å². The molecule has 0 aliphatic carbocycles. The van der Waals surface area contributed by atoms with Gasteiger partial charge in [0.05, 0.1) is 6.61 Å². The molecule has 0 atom stereocenters. The molecular formula is C19H23N3O2. The third kappa shape index (κ3) is 3.86. The first-order chi connectivity index (χ1) is 11.7. The zero-order chi connectivity index (χ0) is 16.9. The van der Waals surface area contributed by atoms with Gasteiger partial charge in [0, 0.05) is 50.2 Å². The van der Waals surface area contributed by atoms with Gasteiger partial charge in [-0.05, 0) is 42.0 Å². The summed E-state index contributed by atoms with van der Waals surface area (Å²) in [6.45, 7) is 5.45. The maximum atomic E-state index is 11.1. The molecule has 1 aliphatic rings. The first-order valence-electron chi connectivity index (χ1n) is 8.23. The smallest absolute Gasteiger partial charge is 0.221 e. The van der Waals surface area contributed by atoms with E-state index in [4.69, 9.17) is 5.11 Å². The van der Waals surface area contributed by atoms with E-state index in [1.807, 2.05) is 24.3 Å². The molecule has 5 nitrogen and oxygen atoms in total. The Kier molecular flexibility index (Phi) is 5.01. The van der Waals surface area contributed by atoms with Gasteiger partial charge in [-0.3, -0.25) is 4.79 Å². The maximum absolute atomic E-state index is 11.1. The normalized spacial score (nSPS) is 14.6. The predicted molar refractivity (Wildman–Crippen MR) is 97.5 cm³/mol. The number of hydrogen-bond acceptors (Lipinski definition) is 4. The minimum atomic E-state index is -0.0522. The van der Waals surface area contributed by atoms with Gasteiger partial charge in [-0.25, -0.2) is 0 Å². The molecule has 2 aromatic rings. The Bertz CT molecular complexity index is 675. The Morgan fingerprint density at radius 1 is 0.917 bits per heavy atom. The van der Waals surface area contributed by atoms with Gasteiger partial charge in [0.25, 0.3) is 0 Å². The first kappa shape index (κ1) is 16.3. The summed E-state index contributed by atoms with van der Waals surface area (Å²) in [5, 5.41) is 11.9. The minimum Gasteiger partial charge on any atom is -0.392 e. The Morgan fingerprint density at radius 3 is 1.79 bits per heavy atom. The quantitative estimate of drug-likeness (QED) is 0.907. The van der Waals surface area contributed by atoms with Crippen LogP contribution in [0.15, 0.2) is 48.5 Å². The molecule has 0 spiro atoms. The molecule has 1 aliphatic heterocycles. The van der Waals surface area contributed by atoms with Crippen molar-refractivity contribution in [1.29, 1.82) is 0 Å². The number of nitrogens with one attached hydrogen (secondary N) is 1. The lowest BCUT2D eigenvalue weighted by Gasteiger charge is -2.37. The maximum Gasteiger partial charge on any atom is 0.221 e. The van der Waals surface area contributed by atoms with Crippen molar-refractivity contribution in [2.75, 3.05) is 41.3 Å². The number of benzene rings is 2. The number of hydrogen-bond donors (Lipinski definition) is 2. The number of amides is 1. The molecule has 0 radical (unpaired) electrons. The van der Waals surface area contributed by atoms with Crippen LogP contribution >= 0.6 is 0 Å². The fourth-order valence-corrected chi connectivity index (χ4v) is 2.99. The van der Waals surface area contributed by atoms with Crippen LogP contribution in [0.4, 0.5) is 17.1 Å². The van der Waals surface area contributed by atoms with Crippen LogP contribution in [0.5, 0.6) is 0 Å². The molecule has 126 valence electrons. The second-order valence-corrected chi connectivity index (χ2v) is 6.03. The Balaban J connectivity index is 1.58. The van der Waals surface area contributed by atoms with Gasteiger partial charge >= 0.3 is 0 Å². The Labute approximate surface area is 142 Å². The molecule has 1 heterocycles. The van der Waals surface area contributed by atoms with E-state index in [2.05, 4.69) is 39.4 Å². The highest BCUT2D eigenvalue weighted by Crippen LogP contribution is 2.22. The number of carbonyl (C=O) groups excluding carboxylic acids is 1. The molecule has 0 bridgehead atoms. The van der Waals surface area contributed by atoms with Crippen LogP contribution in [-0.2, 0) is 11.4 Å². The summed E-state index contributed by atoms with van der Waals surface area (Å²) in [4.78, 5) is 15.8. The molecule has 1 saturated heterocycles. The molecule has 24 heavy (non-hydrogen) atoms. The fraction of sp³-hybridized carbons (Fsp3) is 0.316. The molecule has 0 unspecified atom stereocenters. The SMILES string of the molecule is CC(=O)Nc1ccc(N2CCN(c3ccc(CO)cc3)CC2)cc1. The third-order valence-electron chi connectivity index (χ3n) is 4.32. The van der Waals surface area contributed by atoms with Gasteiger partial charge in [0.15, 0.2) is 0 Å². The molecule has 2 N–H and O–H groups in total. The Hall–Kier alpha value is -2.53. The second kappa shape index (κ2) is 7.36. The second-order valence-electron chi connectivity index (χ2n) is 6.03. The van der Waals surface area contributed by atoms with Crippen LogP contribution < -0.4 is 15.1 Å². The van der Waals surface area contributed by atoms with Crippen LogP contribution in [0.1, 0.15) is 12.5 Å². The highest BCUT2D eigenvalue weighted by molar-refractivity contribution is 5.88. The minimum absolute atomic E-state index is 0.0522. The molecule has 3 rings (SSSR count). The van der Waals surface area contributed by atoms with Crippen molar-refractivity contribution in [1.82, 2.24) is 0 Å². The van der Waals surface area contributed by atoms with E-state index < -0.39 is 0 Å². The topological polar surface area (TPSA) is 55.8 Å². The van der Waals surface area contributed by atoms with E-state index >= 15 is 0 Å². The van der Waals surface area contributed by atoms with Crippen LogP contribution in [-0.4, -0.2) is 37.2 Å². The van der Waals surface area contributed by atoms with Gasteiger partial charge < -0.3 is 20.2 Å². The zero-order valence-corrected chi connectivity index (χ0v) is 13.9. The van der Waals surface area contributed by atoms with Crippen LogP contribution in [0, 0.1) is 0 Å². The van der Waals surface area contributed by atoms with Gasteiger partial charge in [0.1, 0.15) is 0 Å². The average molecular weight is 325 g/mol. The standard InChI is InChI=1S/C19H23N3O2/c1-15(24)20-17-4-8-19(9-5-17)22-12-10-21(11-13-22)18-6-2-16(14-23)3-7-18/h2-9,23H,10-14H2,1H3,(H,20,24). The number of aliphatic hydroxyl groups is 1. The van der Waals surface area contributed by atoms with Crippen LogP contribution in [0.3, 0.4) is 0 Å². The summed E-state index contributed by atoms with van der Waals surface area (Å²) >= 11 is 0. The monoisotopic (exact) mass is 325 g/mol. The number of rotatable bonds is 4. The van der Waals surface area contributed by atoms with E-state index in [1.54, 1.807) is 0 Å². The number of aliphatic hydroxyl groups excluding tert-OH is 1. The lowest BCUT2D eigenvalue weighted by Crippen LogP contribution is -2.46. The summed E-state index contributed by atoms with van der Waals surface area (Å²) in [6, 6.07) is 16.1. The lowest BCUT2D eigenvalue weighted by atomic mass is 10.1. The highest BCUT2D eigenvalue weighted by Gasteiger charge is 2.17. The van der Waals surface area contributed by atoms with E-state index in [9.17, 15) is 4.79 Å². The van der Waals surface area contributed by atoms with Crippen molar-refractivity contribution >= 4 is 23.0 Å². The van der Waals surface area contributed by atoms with Crippen molar-refractivity contribution in [2.24, 2.45) is 0 Å². The van der Waals surface area contributed by atoms with E-state index in [0.717, 1.165) is 37.4 Å². The molecule has 0 saturated carbocycles. The van der Waals surface area contributed by atoms with Gasteiger partial charge in [0.2, 0.25) is 5.91 Å². The van der Waals surface area contributed by atoms with Gasteiger partial charge in [-0.2, -0.15) is 0 Å². The van der Waals surface area contributed by atoms with Crippen molar-refractivity contribution in [3.8, 4) is 0 Å². The predicted octanol–water partition coefficient (Wildman–Crippen LogP) is 2.46. The molecular weight excluding hydrogens is 302 g/mol. The number of nitrogens with zero attached hydrogens (tertiary/aromatic N) is 2. The molecule has 0 aromatic heterocycles. The molecule has 5 heteroatoms. The number of carbonyl (C=O) groups is 1. The molecule has 2 aromatic carbocycles. The van der Waals surface area contributed by atoms with Crippen LogP contribution in [0.25, 0.3) is 0 Å². The summed E-state index contributed by atoms with van der Waals surface area (Å²) < 4.78 is 0. The van der Waals surface area contributed by atoms with Gasteiger partial charge in [-0.15, -0.1) is 0 Å². The Morgan fingerprint density at radius 2 is 1.38 bits per heavy atom. The van der Waals surface area contributed by atoms with Crippen LogP contribution in [0.2, 0.25) is 0 Å². The largest absolute Gasteiger partial charge is 0.392 e. The van der Waals surface area contributed by atoms with Crippen molar-refractivity contribution in [2.45, 2.75) is 13.5 Å². The summed E-state index contributed by atoms with van der Waals surface area (Å²) in [5.41, 5.74) is 4.15. The third-order valence-corrected chi connectivity index (χ3v) is 4.32. The first-order valence-corrected chi connectivity index (χ1v) is 8.23. The number of anilines is 3.